The molecule has 2 N–H and O–H groups in total. The quantitative estimate of drug-likeness (QED) is 0.853. The van der Waals surface area contributed by atoms with Gasteiger partial charge in [-0.05, 0) is 56.1 Å². The maximum Gasteiger partial charge on any atom is 0.251 e. The van der Waals surface area contributed by atoms with Crippen molar-refractivity contribution in [2.75, 3.05) is 18.9 Å². The summed E-state index contributed by atoms with van der Waals surface area (Å²) >= 11 is 0. The van der Waals surface area contributed by atoms with Crippen LogP contribution in [0.4, 0.5) is 5.82 Å². The van der Waals surface area contributed by atoms with E-state index < -0.39 is 0 Å². The van der Waals surface area contributed by atoms with Crippen molar-refractivity contribution in [3.8, 4) is 0 Å². The van der Waals surface area contributed by atoms with E-state index in [9.17, 15) is 4.79 Å². The average molecular weight is 259 g/mol. The summed E-state index contributed by atoms with van der Waals surface area (Å²) in [5, 5.41) is 6.09. The SMILES string of the molecule is CNc1cc(C(=O)NCC2(C3CC3)CC2)cc(C)n1. The second kappa shape index (κ2) is 4.51. The summed E-state index contributed by atoms with van der Waals surface area (Å²) in [6, 6.07) is 3.64. The van der Waals surface area contributed by atoms with Gasteiger partial charge in [0.05, 0.1) is 0 Å². The van der Waals surface area contributed by atoms with Crippen LogP contribution in [-0.4, -0.2) is 24.5 Å². The number of carbonyl (C=O) groups excluding carboxylic acids is 1. The Morgan fingerprint density at radius 1 is 1.42 bits per heavy atom. The predicted octanol–water partition coefficient (Wildman–Crippen LogP) is 2.35. The Labute approximate surface area is 114 Å². The molecule has 1 aromatic rings. The Hall–Kier alpha value is -1.58. The van der Waals surface area contributed by atoms with E-state index in [-0.39, 0.29) is 5.91 Å². The first kappa shape index (κ1) is 12.5. The summed E-state index contributed by atoms with van der Waals surface area (Å²) in [6.45, 7) is 2.75. The average Bonchev–Trinajstić information content (AvgIpc) is 3.27. The van der Waals surface area contributed by atoms with Crippen LogP contribution in [0.2, 0.25) is 0 Å². The first-order chi connectivity index (χ1) is 9.13. The van der Waals surface area contributed by atoms with Crippen LogP contribution in [-0.2, 0) is 0 Å². The number of hydrogen-bond donors (Lipinski definition) is 2. The highest BCUT2D eigenvalue weighted by atomic mass is 16.1. The molecule has 4 nitrogen and oxygen atoms in total. The van der Waals surface area contributed by atoms with Crippen molar-refractivity contribution >= 4 is 11.7 Å². The molecule has 2 fully saturated rings. The number of hydrogen-bond acceptors (Lipinski definition) is 3. The molecule has 1 aromatic heterocycles. The lowest BCUT2D eigenvalue weighted by molar-refractivity contribution is 0.0942. The summed E-state index contributed by atoms with van der Waals surface area (Å²) in [6.07, 6.45) is 5.28. The van der Waals surface area contributed by atoms with Gasteiger partial charge >= 0.3 is 0 Å². The maximum absolute atomic E-state index is 12.2. The minimum atomic E-state index is 0.0222. The van der Waals surface area contributed by atoms with Crippen LogP contribution >= 0.6 is 0 Å². The first-order valence-electron chi connectivity index (χ1n) is 7.08. The normalized spacial score (nSPS) is 19.9. The summed E-state index contributed by atoms with van der Waals surface area (Å²) < 4.78 is 0. The summed E-state index contributed by atoms with van der Waals surface area (Å²) in [7, 11) is 1.82. The number of amides is 1. The third-order valence-corrected chi connectivity index (χ3v) is 4.41. The molecule has 19 heavy (non-hydrogen) atoms. The number of nitrogens with zero attached hydrogens (tertiary/aromatic N) is 1. The van der Waals surface area contributed by atoms with E-state index in [1.807, 2.05) is 20.0 Å². The molecule has 102 valence electrons. The third-order valence-electron chi connectivity index (χ3n) is 4.41. The van der Waals surface area contributed by atoms with Gasteiger partial charge < -0.3 is 10.6 Å². The molecule has 0 spiro atoms. The largest absolute Gasteiger partial charge is 0.373 e. The first-order valence-corrected chi connectivity index (χ1v) is 7.08. The fraction of sp³-hybridized carbons (Fsp3) is 0.600. The monoisotopic (exact) mass is 259 g/mol. The number of pyridine rings is 1. The smallest absolute Gasteiger partial charge is 0.251 e. The lowest BCUT2D eigenvalue weighted by Gasteiger charge is -2.15. The number of nitrogens with one attached hydrogen (secondary N) is 2. The van der Waals surface area contributed by atoms with E-state index in [0.717, 1.165) is 24.0 Å². The second-order valence-corrected chi connectivity index (χ2v) is 5.95. The van der Waals surface area contributed by atoms with Gasteiger partial charge in [0.1, 0.15) is 5.82 Å². The lowest BCUT2D eigenvalue weighted by atomic mass is 10.0. The van der Waals surface area contributed by atoms with Crippen LogP contribution < -0.4 is 10.6 Å². The van der Waals surface area contributed by atoms with E-state index in [4.69, 9.17) is 0 Å². The molecular weight excluding hydrogens is 238 g/mol. The van der Waals surface area contributed by atoms with Gasteiger partial charge in [0.15, 0.2) is 0 Å². The van der Waals surface area contributed by atoms with Gasteiger partial charge in [-0.25, -0.2) is 4.98 Å². The molecule has 0 bridgehead atoms. The van der Waals surface area contributed by atoms with E-state index in [1.54, 1.807) is 6.07 Å². The van der Waals surface area contributed by atoms with E-state index >= 15 is 0 Å². The van der Waals surface area contributed by atoms with Gasteiger partial charge in [-0.15, -0.1) is 0 Å². The summed E-state index contributed by atoms with van der Waals surface area (Å²) in [4.78, 5) is 16.5. The van der Waals surface area contributed by atoms with Crippen molar-refractivity contribution in [2.24, 2.45) is 11.3 Å². The van der Waals surface area contributed by atoms with E-state index in [0.29, 0.717) is 11.0 Å². The molecule has 1 heterocycles. The Morgan fingerprint density at radius 2 is 2.16 bits per heavy atom. The molecule has 0 aliphatic heterocycles. The fourth-order valence-corrected chi connectivity index (χ4v) is 2.87. The molecule has 2 aliphatic carbocycles. The van der Waals surface area contributed by atoms with Crippen LogP contribution in [0.5, 0.6) is 0 Å². The number of aromatic nitrogens is 1. The molecule has 0 saturated heterocycles. The van der Waals surface area contributed by atoms with Crippen molar-refractivity contribution < 1.29 is 4.79 Å². The van der Waals surface area contributed by atoms with Crippen molar-refractivity contribution in [1.29, 1.82) is 0 Å². The minimum absolute atomic E-state index is 0.0222. The van der Waals surface area contributed by atoms with E-state index in [2.05, 4.69) is 15.6 Å². The maximum atomic E-state index is 12.2. The van der Waals surface area contributed by atoms with Crippen LogP contribution in [0.25, 0.3) is 0 Å². The van der Waals surface area contributed by atoms with Crippen molar-refractivity contribution in [3.63, 3.8) is 0 Å². The zero-order chi connectivity index (χ0) is 13.5. The molecule has 0 radical (unpaired) electrons. The number of aryl methyl sites for hydroxylation is 1. The highest BCUT2D eigenvalue weighted by molar-refractivity contribution is 5.95. The lowest BCUT2D eigenvalue weighted by Crippen LogP contribution is -2.31. The van der Waals surface area contributed by atoms with Gasteiger partial charge in [0.25, 0.3) is 5.91 Å². The molecule has 0 atom stereocenters. The Kier molecular flexibility index (Phi) is 2.96. The number of rotatable bonds is 5. The van der Waals surface area contributed by atoms with Crippen molar-refractivity contribution in [2.45, 2.75) is 32.6 Å². The standard InChI is InChI=1S/C15H21N3O/c1-10-7-11(8-13(16-2)18-10)14(19)17-9-15(5-6-15)12-3-4-12/h7-8,12H,3-6,9H2,1-2H3,(H,16,18)(H,17,19). The Bertz CT molecular complexity index is 504. The van der Waals surface area contributed by atoms with Crippen LogP contribution in [0.3, 0.4) is 0 Å². The molecule has 0 unspecified atom stereocenters. The van der Waals surface area contributed by atoms with Crippen molar-refractivity contribution in [1.82, 2.24) is 10.3 Å². The molecule has 4 heteroatoms. The topological polar surface area (TPSA) is 54.0 Å². The predicted molar refractivity (Wildman–Crippen MR) is 75.2 cm³/mol. The highest BCUT2D eigenvalue weighted by Gasteiger charge is 2.53. The van der Waals surface area contributed by atoms with Crippen molar-refractivity contribution in [3.05, 3.63) is 23.4 Å². The van der Waals surface area contributed by atoms with Gasteiger partial charge in [-0.3, -0.25) is 4.79 Å². The molecule has 2 saturated carbocycles. The highest BCUT2D eigenvalue weighted by Crippen LogP contribution is 2.60. The number of carbonyl (C=O) groups is 1. The van der Waals surface area contributed by atoms with Crippen LogP contribution in [0.1, 0.15) is 41.7 Å². The van der Waals surface area contributed by atoms with Gasteiger partial charge in [-0.1, -0.05) is 0 Å². The summed E-state index contributed by atoms with van der Waals surface area (Å²) in [5.74, 6) is 1.64. The van der Waals surface area contributed by atoms with E-state index in [1.165, 1.54) is 25.7 Å². The Balaban J connectivity index is 1.65. The molecule has 2 aliphatic rings. The fourth-order valence-electron chi connectivity index (χ4n) is 2.87. The molecule has 0 aromatic carbocycles. The number of anilines is 1. The zero-order valence-corrected chi connectivity index (χ0v) is 11.6. The van der Waals surface area contributed by atoms with Crippen LogP contribution in [0.15, 0.2) is 12.1 Å². The summed E-state index contributed by atoms with van der Waals surface area (Å²) in [5.41, 5.74) is 2.01. The zero-order valence-electron chi connectivity index (χ0n) is 11.6. The third kappa shape index (κ3) is 2.57. The molecule has 3 rings (SSSR count). The second-order valence-electron chi connectivity index (χ2n) is 5.95. The van der Waals surface area contributed by atoms with Crippen LogP contribution in [0, 0.1) is 18.3 Å². The minimum Gasteiger partial charge on any atom is -0.373 e. The van der Waals surface area contributed by atoms with Gasteiger partial charge in [0, 0.05) is 24.8 Å². The molecule has 1 amide bonds. The molecular formula is C15H21N3O. The van der Waals surface area contributed by atoms with Gasteiger partial charge in [0.2, 0.25) is 0 Å². The van der Waals surface area contributed by atoms with Gasteiger partial charge in [-0.2, -0.15) is 0 Å². The Morgan fingerprint density at radius 3 is 2.74 bits per heavy atom.